The molecule has 0 unspecified atom stereocenters. The van der Waals surface area contributed by atoms with Crippen molar-refractivity contribution in [3.05, 3.63) is 31.7 Å². The van der Waals surface area contributed by atoms with Crippen LogP contribution in [-0.2, 0) is 4.79 Å². The van der Waals surface area contributed by atoms with E-state index in [0.717, 1.165) is 13.8 Å². The lowest BCUT2D eigenvalue weighted by Gasteiger charge is -1.96. The Morgan fingerprint density at radius 3 is 2.30 bits per heavy atom. The third-order valence-electron chi connectivity index (χ3n) is 1.99. The van der Waals surface area contributed by atoms with Gasteiger partial charge in [0.25, 0.3) is 5.69 Å². The van der Waals surface area contributed by atoms with Gasteiger partial charge in [-0.25, -0.2) is 0 Å². The number of hydrogen-bond acceptors (Lipinski definition) is 9. The summed E-state index contributed by atoms with van der Waals surface area (Å²) in [5, 5.41) is 42.0. The number of rotatable bonds is 5. The number of nitrogens with zero attached hydrogens (tertiary/aromatic N) is 5. The molecule has 1 rings (SSSR count). The second kappa shape index (κ2) is 5.64. The third-order valence-corrected chi connectivity index (χ3v) is 1.99. The van der Waals surface area contributed by atoms with E-state index in [2.05, 4.69) is 15.3 Å². The molecule has 1 aromatic heterocycles. The minimum atomic E-state index is -0.999. The zero-order chi connectivity index (χ0) is 15.4. The molecule has 0 saturated carbocycles. The van der Waals surface area contributed by atoms with Gasteiger partial charge in [-0.05, 0) is 21.9 Å². The van der Waals surface area contributed by atoms with Crippen molar-refractivity contribution in [1.29, 1.82) is 0 Å². The molecule has 0 aliphatic rings. The van der Waals surface area contributed by atoms with Crippen molar-refractivity contribution < 1.29 is 19.7 Å². The summed E-state index contributed by atoms with van der Waals surface area (Å²) in [5.74, 6) is -2.91. The number of azo groups is 1. The number of Topliss-reactive ketones (excluding diaryl/α,β-unsaturated/α-hetero) is 1. The van der Waals surface area contributed by atoms with Crippen LogP contribution in [0.3, 0.4) is 0 Å². The van der Waals surface area contributed by atoms with E-state index in [1.54, 1.807) is 0 Å². The second-order valence-electron chi connectivity index (χ2n) is 3.45. The average Bonchev–Trinajstić information content (AvgIpc) is 2.72. The van der Waals surface area contributed by atoms with Gasteiger partial charge in [-0.15, -0.1) is 10.2 Å². The van der Waals surface area contributed by atoms with Crippen LogP contribution in [0.2, 0.25) is 0 Å². The van der Waals surface area contributed by atoms with E-state index in [4.69, 9.17) is 0 Å². The Labute approximate surface area is 110 Å². The highest BCUT2D eigenvalue weighted by atomic mass is 16.6. The zero-order valence-corrected chi connectivity index (χ0v) is 10.2. The largest absolute Gasteiger partial charge is 0.510 e. The zero-order valence-electron chi connectivity index (χ0n) is 10.2. The van der Waals surface area contributed by atoms with Crippen molar-refractivity contribution in [2.45, 2.75) is 13.8 Å². The van der Waals surface area contributed by atoms with Crippen molar-refractivity contribution >= 4 is 23.1 Å². The first-order valence-corrected chi connectivity index (χ1v) is 4.95. The molecule has 0 bridgehead atoms. The van der Waals surface area contributed by atoms with Gasteiger partial charge in [0.1, 0.15) is 10.9 Å². The molecule has 0 aliphatic carbocycles. The summed E-state index contributed by atoms with van der Waals surface area (Å²) >= 11 is 0. The Bertz CT molecular complexity index is 608. The van der Waals surface area contributed by atoms with Crippen molar-refractivity contribution in [3.8, 4) is 0 Å². The molecule has 12 heteroatoms. The lowest BCUT2D eigenvalue weighted by molar-refractivity contribution is -0.392. The monoisotopic (exact) mass is 284 g/mol. The van der Waals surface area contributed by atoms with Crippen molar-refractivity contribution in [1.82, 2.24) is 10.2 Å². The van der Waals surface area contributed by atoms with Crippen LogP contribution in [0.5, 0.6) is 0 Å². The first-order chi connectivity index (χ1) is 9.25. The van der Waals surface area contributed by atoms with Crippen LogP contribution >= 0.6 is 0 Å². The molecule has 0 atom stereocenters. The fraction of sp³-hybridized carbons (Fsp3) is 0.250. The molecule has 0 saturated heterocycles. The smallest absolute Gasteiger partial charge is 0.448 e. The van der Waals surface area contributed by atoms with Crippen LogP contribution in [0.15, 0.2) is 21.7 Å². The van der Waals surface area contributed by atoms with Crippen LogP contribution < -0.4 is 0 Å². The molecule has 20 heavy (non-hydrogen) atoms. The second-order valence-corrected chi connectivity index (χ2v) is 3.45. The molecular formula is C8H8N6O6. The maximum atomic E-state index is 11.1. The van der Waals surface area contributed by atoms with Crippen molar-refractivity contribution in [2.24, 2.45) is 10.2 Å². The summed E-state index contributed by atoms with van der Waals surface area (Å²) in [7, 11) is 0. The van der Waals surface area contributed by atoms with Gasteiger partial charge in [0.2, 0.25) is 0 Å². The van der Waals surface area contributed by atoms with Gasteiger partial charge >= 0.3 is 11.6 Å². The van der Waals surface area contributed by atoms with Crippen molar-refractivity contribution in [3.63, 3.8) is 0 Å². The number of carbonyl (C=O) groups excluding carboxylic acids is 1. The Morgan fingerprint density at radius 1 is 1.30 bits per heavy atom. The summed E-state index contributed by atoms with van der Waals surface area (Å²) in [5.41, 5.74) is -1.23. The Hall–Kier alpha value is -3.18. The number of aliphatic hydroxyl groups excluding tert-OH is 1. The Kier molecular flexibility index (Phi) is 4.20. The number of allylic oxidation sites excluding steroid dienone is 2. The highest BCUT2D eigenvalue weighted by Crippen LogP contribution is 2.34. The van der Waals surface area contributed by atoms with Crippen LogP contribution in [0, 0.1) is 20.2 Å². The molecule has 0 aromatic carbocycles. The standard InChI is InChI=1S/C8H8N6O6/c1-3(15)5(4(2)16)9-10-6-7(13(17)18)11-12-8(6)14(19)20/h15H,1-2H3,(H,11,12). The first-order valence-electron chi connectivity index (χ1n) is 4.95. The predicted octanol–water partition coefficient (Wildman–Crippen LogP) is 1.69. The molecule has 2 N–H and O–H groups in total. The lowest BCUT2D eigenvalue weighted by atomic mass is 10.3. The summed E-state index contributed by atoms with van der Waals surface area (Å²) in [6.45, 7) is 2.22. The van der Waals surface area contributed by atoms with E-state index in [-0.39, 0.29) is 0 Å². The van der Waals surface area contributed by atoms with Crippen molar-refractivity contribution in [2.75, 3.05) is 0 Å². The van der Waals surface area contributed by atoms with E-state index in [1.807, 2.05) is 5.10 Å². The SMILES string of the molecule is CC(=O)C(N=Nc1c([N+](=O)[O-])n[nH]c1[N+](=O)[O-])=C(C)O. The number of H-pyrrole nitrogens is 1. The van der Waals surface area contributed by atoms with Gasteiger partial charge in [0.15, 0.2) is 11.5 Å². The summed E-state index contributed by atoms with van der Waals surface area (Å²) in [4.78, 5) is 30.4. The van der Waals surface area contributed by atoms with Gasteiger partial charge in [0.05, 0.1) is 0 Å². The molecular weight excluding hydrogens is 276 g/mol. The van der Waals surface area contributed by atoms with Crippen LogP contribution in [0.1, 0.15) is 13.8 Å². The number of nitro groups is 2. The molecule has 1 aromatic rings. The Balaban J connectivity index is 3.36. The number of aromatic nitrogens is 2. The number of aromatic amines is 1. The van der Waals surface area contributed by atoms with Gasteiger partial charge in [-0.2, -0.15) is 0 Å². The number of nitrogens with one attached hydrogen (secondary N) is 1. The van der Waals surface area contributed by atoms with Crippen LogP contribution in [0.4, 0.5) is 17.3 Å². The van der Waals surface area contributed by atoms with Gasteiger partial charge in [-0.1, -0.05) is 0 Å². The lowest BCUT2D eigenvalue weighted by Crippen LogP contribution is -1.96. The van der Waals surface area contributed by atoms with Gasteiger partial charge in [0, 0.05) is 6.92 Å². The fourth-order valence-corrected chi connectivity index (χ4v) is 1.16. The predicted molar refractivity (Wildman–Crippen MR) is 62.4 cm³/mol. The third kappa shape index (κ3) is 2.98. The van der Waals surface area contributed by atoms with Gasteiger partial charge < -0.3 is 25.3 Å². The quantitative estimate of drug-likeness (QED) is 0.271. The first kappa shape index (κ1) is 14.9. The van der Waals surface area contributed by atoms with Crippen LogP contribution in [-0.4, -0.2) is 30.9 Å². The van der Waals surface area contributed by atoms with E-state index >= 15 is 0 Å². The summed E-state index contributed by atoms with van der Waals surface area (Å²) < 4.78 is 0. The minimum Gasteiger partial charge on any atom is -0.510 e. The Morgan fingerprint density at radius 2 is 1.90 bits per heavy atom. The molecule has 0 spiro atoms. The van der Waals surface area contributed by atoms with E-state index < -0.39 is 44.4 Å². The topological polar surface area (TPSA) is 177 Å². The number of ketones is 1. The number of aliphatic hydroxyl groups is 1. The van der Waals surface area contributed by atoms with Gasteiger partial charge in [-0.3, -0.25) is 4.79 Å². The number of carbonyl (C=O) groups is 1. The van der Waals surface area contributed by atoms with E-state index in [0.29, 0.717) is 0 Å². The normalized spacial score (nSPS) is 12.3. The maximum absolute atomic E-state index is 11.1. The summed E-state index contributed by atoms with van der Waals surface area (Å²) in [6, 6.07) is 0. The highest BCUT2D eigenvalue weighted by Gasteiger charge is 2.32. The molecule has 0 radical (unpaired) electrons. The molecule has 1 heterocycles. The highest BCUT2D eigenvalue weighted by molar-refractivity contribution is 5.93. The molecule has 0 fully saturated rings. The molecule has 106 valence electrons. The fourth-order valence-electron chi connectivity index (χ4n) is 1.16. The molecule has 0 aliphatic heterocycles. The summed E-state index contributed by atoms with van der Waals surface area (Å²) in [6.07, 6.45) is 0. The van der Waals surface area contributed by atoms with E-state index in [9.17, 15) is 30.1 Å². The van der Waals surface area contributed by atoms with Crippen LogP contribution in [0.25, 0.3) is 0 Å². The average molecular weight is 284 g/mol. The molecule has 12 nitrogen and oxygen atoms in total. The maximum Gasteiger partial charge on any atom is 0.448 e. The molecule has 0 amide bonds. The minimum absolute atomic E-state index is 0.477. The number of hydrogen-bond donors (Lipinski definition) is 2. The van der Waals surface area contributed by atoms with E-state index in [1.165, 1.54) is 0 Å².